The molecule has 0 fully saturated rings. The van der Waals surface area contributed by atoms with Crippen LogP contribution >= 0.6 is 0 Å². The highest BCUT2D eigenvalue weighted by molar-refractivity contribution is 5.87. The van der Waals surface area contributed by atoms with Crippen LogP contribution in [0, 0.1) is 11.8 Å². The van der Waals surface area contributed by atoms with Crippen LogP contribution in [-0.2, 0) is 19.2 Å². The summed E-state index contributed by atoms with van der Waals surface area (Å²) in [6.45, 7) is 7.10. The van der Waals surface area contributed by atoms with Crippen molar-refractivity contribution >= 4 is 23.7 Å². The molecule has 182 valence electrons. The number of carbonyl (C=O) groups excluding carboxylic acids is 3. The van der Waals surface area contributed by atoms with Crippen LogP contribution in [0.1, 0.15) is 91.9 Å². The maximum absolute atomic E-state index is 11.5. The normalized spacial score (nSPS) is 12.6. The van der Waals surface area contributed by atoms with E-state index in [2.05, 4.69) is 5.32 Å². The molecule has 0 bridgehead atoms. The lowest BCUT2D eigenvalue weighted by molar-refractivity contribution is -0.143. The number of carbonyl (C=O) groups is 4. The van der Waals surface area contributed by atoms with Gasteiger partial charge in [0.2, 0.25) is 17.7 Å². The van der Waals surface area contributed by atoms with E-state index in [4.69, 9.17) is 22.3 Å². The Morgan fingerprint density at radius 1 is 0.710 bits per heavy atom. The van der Waals surface area contributed by atoms with E-state index in [9.17, 15) is 19.2 Å². The molecular weight excluding hydrogens is 400 g/mol. The van der Waals surface area contributed by atoms with Crippen LogP contribution in [0.5, 0.6) is 0 Å². The first-order chi connectivity index (χ1) is 14.4. The van der Waals surface area contributed by atoms with Crippen LogP contribution in [0.15, 0.2) is 0 Å². The van der Waals surface area contributed by atoms with Crippen molar-refractivity contribution in [2.75, 3.05) is 0 Å². The van der Waals surface area contributed by atoms with Crippen LogP contribution in [0.2, 0.25) is 0 Å². The van der Waals surface area contributed by atoms with Gasteiger partial charge in [-0.25, -0.2) is 4.79 Å². The lowest BCUT2D eigenvalue weighted by Gasteiger charge is -2.21. The van der Waals surface area contributed by atoms with E-state index < -0.39 is 24.0 Å². The number of carboxylic acids is 1. The number of aliphatic carboxylic acids is 1. The third-order valence-electron chi connectivity index (χ3n) is 4.85. The molecule has 0 heterocycles. The van der Waals surface area contributed by atoms with Crippen molar-refractivity contribution in [3.8, 4) is 0 Å². The zero-order chi connectivity index (χ0) is 24.4. The molecule has 9 nitrogen and oxygen atoms in total. The van der Waals surface area contributed by atoms with Crippen LogP contribution < -0.4 is 22.5 Å². The highest BCUT2D eigenvalue weighted by atomic mass is 16.4. The molecule has 2 atom stereocenters. The molecule has 0 aromatic heterocycles. The van der Waals surface area contributed by atoms with Gasteiger partial charge in [-0.05, 0) is 24.7 Å². The lowest BCUT2D eigenvalue weighted by Crippen LogP contribution is -2.52. The summed E-state index contributed by atoms with van der Waals surface area (Å²) in [6.07, 6.45) is 9.77. The van der Waals surface area contributed by atoms with Gasteiger partial charge in [0.25, 0.3) is 0 Å². The first-order valence-electron chi connectivity index (χ1n) is 11.2. The van der Waals surface area contributed by atoms with Gasteiger partial charge in [-0.1, -0.05) is 66.2 Å². The Kier molecular flexibility index (Phi) is 18.6. The Morgan fingerprint density at radius 3 is 1.32 bits per heavy atom. The van der Waals surface area contributed by atoms with Crippen LogP contribution in [0.25, 0.3) is 0 Å². The Labute approximate surface area is 186 Å². The van der Waals surface area contributed by atoms with Gasteiger partial charge in [-0.15, -0.1) is 0 Å². The largest absolute Gasteiger partial charge is 0.480 e. The maximum Gasteiger partial charge on any atom is 0.326 e. The third kappa shape index (κ3) is 19.5. The van der Waals surface area contributed by atoms with Crippen molar-refractivity contribution in [3.05, 3.63) is 0 Å². The van der Waals surface area contributed by atoms with Crippen LogP contribution in [0.3, 0.4) is 0 Å². The zero-order valence-electron chi connectivity index (χ0n) is 19.7. The van der Waals surface area contributed by atoms with E-state index in [0.717, 1.165) is 25.7 Å². The second-order valence-corrected chi connectivity index (χ2v) is 8.60. The standard InChI is InChI=1S/C12H24N2O2.C10H20N2O3/c13-11(15)9-7-5-3-1-2-4-6-8-10-12(14)16;1-5(2)7(11)9(13)12-8(6(3)4)10(14)15/h1-10H2,(H2,13,15)(H2,14,16);5-8H,11H2,1-4H3,(H,12,13)(H,14,15)/t;7-,8-/m.1/s1. The number of amides is 3. The summed E-state index contributed by atoms with van der Waals surface area (Å²) in [7, 11) is 0. The predicted octanol–water partition coefficient (Wildman–Crippen LogP) is 2.05. The van der Waals surface area contributed by atoms with E-state index in [1.807, 2.05) is 13.8 Å². The summed E-state index contributed by atoms with van der Waals surface area (Å²) in [4.78, 5) is 43.2. The van der Waals surface area contributed by atoms with Gasteiger partial charge in [0.1, 0.15) is 6.04 Å². The van der Waals surface area contributed by atoms with Crippen molar-refractivity contribution in [1.29, 1.82) is 0 Å². The van der Waals surface area contributed by atoms with Gasteiger partial charge in [0, 0.05) is 12.8 Å². The summed E-state index contributed by atoms with van der Waals surface area (Å²) < 4.78 is 0. The number of unbranched alkanes of at least 4 members (excludes halogenated alkanes) is 7. The fourth-order valence-electron chi connectivity index (χ4n) is 2.72. The molecule has 0 spiro atoms. The molecule has 0 aliphatic rings. The van der Waals surface area contributed by atoms with Crippen molar-refractivity contribution in [1.82, 2.24) is 5.32 Å². The molecule has 3 amide bonds. The summed E-state index contributed by atoms with van der Waals surface area (Å²) >= 11 is 0. The van der Waals surface area contributed by atoms with E-state index in [0.29, 0.717) is 12.8 Å². The Morgan fingerprint density at radius 2 is 1.06 bits per heavy atom. The van der Waals surface area contributed by atoms with Gasteiger partial charge in [-0.3, -0.25) is 14.4 Å². The number of nitrogens with two attached hydrogens (primary N) is 3. The number of rotatable bonds is 16. The number of nitrogens with one attached hydrogen (secondary N) is 1. The van der Waals surface area contributed by atoms with E-state index in [1.165, 1.54) is 25.7 Å². The molecule has 0 radical (unpaired) electrons. The molecule has 8 N–H and O–H groups in total. The van der Waals surface area contributed by atoms with Crippen molar-refractivity contribution in [2.24, 2.45) is 29.0 Å². The minimum atomic E-state index is -1.03. The molecule has 0 saturated carbocycles. The molecule has 0 aromatic rings. The zero-order valence-corrected chi connectivity index (χ0v) is 19.7. The molecule has 9 heteroatoms. The summed E-state index contributed by atoms with van der Waals surface area (Å²) in [5.41, 5.74) is 15.7. The molecule has 0 aliphatic carbocycles. The van der Waals surface area contributed by atoms with E-state index in [1.54, 1.807) is 13.8 Å². The first kappa shape index (κ1) is 31.0. The molecule has 0 rings (SSSR count). The summed E-state index contributed by atoms with van der Waals surface area (Å²) in [5.74, 6) is -2.02. The number of primary amides is 2. The minimum absolute atomic E-state index is 0.00777. The monoisotopic (exact) mass is 444 g/mol. The topological polar surface area (TPSA) is 179 Å². The highest BCUT2D eigenvalue weighted by Gasteiger charge is 2.26. The molecule has 0 saturated heterocycles. The number of hydrogen-bond acceptors (Lipinski definition) is 5. The fourth-order valence-corrected chi connectivity index (χ4v) is 2.72. The smallest absolute Gasteiger partial charge is 0.326 e. The first-order valence-corrected chi connectivity index (χ1v) is 11.2. The van der Waals surface area contributed by atoms with Gasteiger partial charge in [0.05, 0.1) is 6.04 Å². The second-order valence-electron chi connectivity index (χ2n) is 8.60. The van der Waals surface area contributed by atoms with Crippen molar-refractivity contribution in [2.45, 2.75) is 104 Å². The van der Waals surface area contributed by atoms with Gasteiger partial charge >= 0.3 is 5.97 Å². The molecule has 31 heavy (non-hydrogen) atoms. The number of carboxylic acid groups (broad SMARTS) is 1. The molecule has 0 aromatic carbocycles. The van der Waals surface area contributed by atoms with Crippen LogP contribution in [-0.4, -0.2) is 40.9 Å². The third-order valence-corrected chi connectivity index (χ3v) is 4.85. The Balaban J connectivity index is 0. The summed E-state index contributed by atoms with van der Waals surface area (Å²) in [6, 6.07) is -1.53. The quantitative estimate of drug-likeness (QED) is 0.227. The van der Waals surface area contributed by atoms with Gasteiger partial charge in [-0.2, -0.15) is 0 Å². The number of hydrogen-bond donors (Lipinski definition) is 5. The van der Waals surface area contributed by atoms with Gasteiger partial charge in [0.15, 0.2) is 0 Å². The highest BCUT2D eigenvalue weighted by Crippen LogP contribution is 2.10. The van der Waals surface area contributed by atoms with Crippen molar-refractivity contribution in [3.63, 3.8) is 0 Å². The van der Waals surface area contributed by atoms with E-state index in [-0.39, 0.29) is 23.7 Å². The average Bonchev–Trinajstić information content (AvgIpc) is 2.66. The Bertz CT molecular complexity index is 516. The lowest BCUT2D eigenvalue weighted by atomic mass is 10.0. The second kappa shape index (κ2) is 18.6. The molecule has 0 unspecified atom stereocenters. The van der Waals surface area contributed by atoms with Crippen LogP contribution in [0.4, 0.5) is 0 Å². The maximum atomic E-state index is 11.5. The average molecular weight is 445 g/mol. The van der Waals surface area contributed by atoms with Gasteiger partial charge < -0.3 is 27.6 Å². The van der Waals surface area contributed by atoms with E-state index >= 15 is 0 Å². The van der Waals surface area contributed by atoms with Crippen molar-refractivity contribution < 1.29 is 24.3 Å². The molecule has 0 aliphatic heterocycles. The Hall–Kier alpha value is -2.16. The summed E-state index contributed by atoms with van der Waals surface area (Å²) in [5, 5.41) is 11.3. The minimum Gasteiger partial charge on any atom is -0.480 e. The molecular formula is C22H44N4O5. The SMILES string of the molecule is CC(C)[C@@H](N)C(=O)N[C@@H](C(=O)O)C(C)C.NC(=O)CCCCCCCCCCC(N)=O. The fraction of sp³-hybridized carbons (Fsp3) is 0.818. The predicted molar refractivity (Wildman–Crippen MR) is 122 cm³/mol.